The van der Waals surface area contributed by atoms with Gasteiger partial charge in [-0.25, -0.2) is 4.79 Å². The van der Waals surface area contributed by atoms with Crippen molar-refractivity contribution in [3.05, 3.63) is 23.8 Å². The summed E-state index contributed by atoms with van der Waals surface area (Å²) in [5, 5.41) is 17.8. The molecule has 0 bridgehead atoms. The summed E-state index contributed by atoms with van der Waals surface area (Å²) in [4.78, 5) is 14.0. The topological polar surface area (TPSA) is 87.0 Å². The van der Waals surface area contributed by atoms with Crippen molar-refractivity contribution in [2.45, 2.75) is 26.7 Å². The van der Waals surface area contributed by atoms with Gasteiger partial charge in [-0.15, -0.1) is 5.11 Å². The summed E-state index contributed by atoms with van der Waals surface area (Å²) < 4.78 is 4.66. The van der Waals surface area contributed by atoms with Crippen LogP contribution in [0, 0.1) is 0 Å². The Bertz CT molecular complexity index is 659. The van der Waals surface area contributed by atoms with Crippen LogP contribution in [0.25, 0.3) is 10.9 Å². The van der Waals surface area contributed by atoms with Crippen LogP contribution in [0.4, 0.5) is 10.5 Å². The summed E-state index contributed by atoms with van der Waals surface area (Å²) in [5.74, 6) is 0.236. The second-order valence-electron chi connectivity index (χ2n) is 4.68. The Kier molecular flexibility index (Phi) is 4.02. The van der Waals surface area contributed by atoms with E-state index >= 15 is 0 Å². The number of nitrogens with one attached hydrogen (secondary N) is 1. The Balaban J connectivity index is 2.43. The first-order valence-electron chi connectivity index (χ1n) is 6.46. The van der Waals surface area contributed by atoms with Crippen molar-refractivity contribution in [3.8, 4) is 5.88 Å². The van der Waals surface area contributed by atoms with Crippen molar-refractivity contribution >= 4 is 22.7 Å². The van der Waals surface area contributed by atoms with Gasteiger partial charge in [-0.1, -0.05) is 25.0 Å². The molecule has 0 atom stereocenters. The summed E-state index contributed by atoms with van der Waals surface area (Å²) >= 11 is 0. The van der Waals surface area contributed by atoms with Gasteiger partial charge in [-0.2, -0.15) is 0 Å². The summed E-state index contributed by atoms with van der Waals surface area (Å²) in [5.41, 5.74) is 2.10. The van der Waals surface area contributed by atoms with Gasteiger partial charge >= 0.3 is 6.09 Å². The van der Waals surface area contributed by atoms with Crippen LogP contribution in [-0.2, 0) is 4.74 Å². The Hall–Kier alpha value is -2.37. The van der Waals surface area contributed by atoms with E-state index in [9.17, 15) is 9.90 Å². The Morgan fingerprint density at radius 1 is 1.45 bits per heavy atom. The van der Waals surface area contributed by atoms with E-state index in [1.54, 1.807) is 6.92 Å². The lowest BCUT2D eigenvalue weighted by molar-refractivity contribution is 0.162. The molecule has 0 aliphatic carbocycles. The zero-order valence-corrected chi connectivity index (χ0v) is 11.7. The van der Waals surface area contributed by atoms with E-state index in [0.29, 0.717) is 5.92 Å². The van der Waals surface area contributed by atoms with Crippen LogP contribution in [0.15, 0.2) is 28.4 Å². The van der Waals surface area contributed by atoms with Crippen LogP contribution < -0.4 is 0 Å². The molecule has 20 heavy (non-hydrogen) atoms. The first-order valence-corrected chi connectivity index (χ1v) is 6.46. The van der Waals surface area contributed by atoms with Gasteiger partial charge < -0.3 is 14.8 Å². The van der Waals surface area contributed by atoms with Crippen molar-refractivity contribution in [1.82, 2.24) is 4.98 Å². The van der Waals surface area contributed by atoms with Gasteiger partial charge in [0.15, 0.2) is 5.69 Å². The van der Waals surface area contributed by atoms with Crippen molar-refractivity contribution < 1.29 is 14.6 Å². The van der Waals surface area contributed by atoms with E-state index in [0.717, 1.165) is 16.5 Å². The highest BCUT2D eigenvalue weighted by Crippen LogP contribution is 2.36. The maximum Gasteiger partial charge on any atom is 0.452 e. The van der Waals surface area contributed by atoms with Crippen LogP contribution in [0.1, 0.15) is 32.3 Å². The number of azo groups is 1. The molecule has 0 radical (unpaired) electrons. The molecule has 1 aromatic carbocycles. The number of rotatable bonds is 3. The predicted octanol–water partition coefficient (Wildman–Crippen LogP) is 4.24. The average Bonchev–Trinajstić information content (AvgIpc) is 2.71. The number of hydrogen-bond donors (Lipinski definition) is 2. The normalized spacial score (nSPS) is 11.6. The lowest BCUT2D eigenvalue weighted by Crippen LogP contribution is -1.95. The number of hydrogen-bond acceptors (Lipinski definition) is 4. The van der Waals surface area contributed by atoms with Crippen LogP contribution in [0.3, 0.4) is 0 Å². The molecule has 0 saturated carbocycles. The van der Waals surface area contributed by atoms with E-state index in [1.165, 1.54) is 0 Å². The van der Waals surface area contributed by atoms with Crippen molar-refractivity contribution in [3.63, 3.8) is 0 Å². The summed E-state index contributed by atoms with van der Waals surface area (Å²) in [7, 11) is 0. The Labute approximate surface area is 116 Å². The van der Waals surface area contributed by atoms with Gasteiger partial charge in [0.1, 0.15) is 0 Å². The average molecular weight is 275 g/mol. The molecule has 1 heterocycles. The second-order valence-corrected chi connectivity index (χ2v) is 4.68. The monoisotopic (exact) mass is 275 g/mol. The molecule has 2 rings (SSSR count). The van der Waals surface area contributed by atoms with Crippen LogP contribution in [0.2, 0.25) is 0 Å². The van der Waals surface area contributed by atoms with Gasteiger partial charge in [0.05, 0.1) is 12.1 Å². The van der Waals surface area contributed by atoms with Crippen LogP contribution in [0.5, 0.6) is 5.88 Å². The van der Waals surface area contributed by atoms with Gasteiger partial charge in [-0.3, -0.25) is 0 Å². The molecular weight excluding hydrogens is 258 g/mol. The molecule has 2 aromatic rings. The smallest absolute Gasteiger partial charge is 0.452 e. The molecule has 0 fully saturated rings. The van der Waals surface area contributed by atoms with Gasteiger partial charge in [0, 0.05) is 5.39 Å². The highest BCUT2D eigenvalue weighted by Gasteiger charge is 2.12. The first kappa shape index (κ1) is 14.0. The fourth-order valence-electron chi connectivity index (χ4n) is 1.88. The third-order valence-corrected chi connectivity index (χ3v) is 2.94. The van der Waals surface area contributed by atoms with E-state index < -0.39 is 6.09 Å². The summed E-state index contributed by atoms with van der Waals surface area (Å²) in [6.07, 6.45) is -0.777. The minimum Gasteiger partial charge on any atom is -0.493 e. The van der Waals surface area contributed by atoms with Gasteiger partial charge in [0.2, 0.25) is 5.88 Å². The standard InChI is InChI=1S/C14H17N3O3/c1-4-20-14(19)17-16-12-10-7-9(8(2)3)5-6-11(10)15-13(12)18/h5-8,15,18H,4H2,1-3H3. The number of aromatic amines is 1. The van der Waals surface area contributed by atoms with E-state index in [2.05, 4.69) is 33.8 Å². The number of fused-ring (bicyclic) bond motifs is 1. The number of nitrogens with zero attached hydrogens (tertiary/aromatic N) is 2. The highest BCUT2D eigenvalue weighted by atomic mass is 16.5. The fraction of sp³-hybridized carbons (Fsp3) is 0.357. The molecule has 6 nitrogen and oxygen atoms in total. The largest absolute Gasteiger partial charge is 0.493 e. The molecule has 0 saturated heterocycles. The summed E-state index contributed by atoms with van der Waals surface area (Å²) in [6, 6.07) is 5.78. The zero-order chi connectivity index (χ0) is 14.7. The van der Waals surface area contributed by atoms with E-state index in [4.69, 9.17) is 0 Å². The molecular formula is C14H17N3O3. The summed E-state index contributed by atoms with van der Waals surface area (Å²) in [6.45, 7) is 6.07. The first-order chi connectivity index (χ1) is 9.52. The lowest BCUT2D eigenvalue weighted by atomic mass is 10.0. The predicted molar refractivity (Wildman–Crippen MR) is 75.6 cm³/mol. The maximum atomic E-state index is 11.2. The third-order valence-electron chi connectivity index (χ3n) is 2.94. The number of benzene rings is 1. The Morgan fingerprint density at radius 3 is 2.85 bits per heavy atom. The van der Waals surface area contributed by atoms with Crippen LogP contribution >= 0.6 is 0 Å². The minimum absolute atomic E-state index is 0.117. The number of aromatic nitrogens is 1. The minimum atomic E-state index is -0.777. The third kappa shape index (κ3) is 2.79. The quantitative estimate of drug-likeness (QED) is 0.821. The maximum absolute atomic E-state index is 11.2. The fourth-order valence-corrected chi connectivity index (χ4v) is 1.88. The molecule has 1 aromatic heterocycles. The number of H-pyrrole nitrogens is 1. The van der Waals surface area contributed by atoms with Crippen molar-refractivity contribution in [2.24, 2.45) is 10.2 Å². The van der Waals surface area contributed by atoms with Crippen molar-refractivity contribution in [1.29, 1.82) is 0 Å². The van der Waals surface area contributed by atoms with Gasteiger partial charge in [0.25, 0.3) is 0 Å². The number of ether oxygens (including phenoxy) is 1. The number of amides is 1. The molecule has 6 heteroatoms. The van der Waals surface area contributed by atoms with E-state index in [-0.39, 0.29) is 18.2 Å². The van der Waals surface area contributed by atoms with Gasteiger partial charge in [-0.05, 0) is 30.5 Å². The molecule has 0 spiro atoms. The number of carbonyl (C=O) groups is 1. The lowest BCUT2D eigenvalue weighted by Gasteiger charge is -2.04. The highest BCUT2D eigenvalue weighted by molar-refractivity contribution is 5.94. The number of carbonyl (C=O) groups excluding carboxylic acids is 1. The molecule has 106 valence electrons. The molecule has 0 aliphatic rings. The molecule has 2 N–H and O–H groups in total. The van der Waals surface area contributed by atoms with Crippen molar-refractivity contribution in [2.75, 3.05) is 6.61 Å². The molecule has 0 unspecified atom stereocenters. The second kappa shape index (κ2) is 5.73. The SMILES string of the molecule is CCOC(=O)N=Nc1c(O)[nH]c2ccc(C(C)C)cc12. The van der Waals surface area contributed by atoms with E-state index in [1.807, 2.05) is 18.2 Å². The molecule has 1 amide bonds. The Morgan fingerprint density at radius 2 is 2.20 bits per heavy atom. The van der Waals surface area contributed by atoms with Crippen LogP contribution in [-0.4, -0.2) is 22.8 Å². The molecule has 0 aliphatic heterocycles. The zero-order valence-electron chi connectivity index (χ0n) is 11.7. The number of aromatic hydroxyl groups is 1.